The number of carbonyl (C=O) groups is 6. The molecule has 0 spiro atoms. The van der Waals surface area contributed by atoms with E-state index >= 15 is 0 Å². The summed E-state index contributed by atoms with van der Waals surface area (Å²) in [5.74, 6) is -0.124. The quantitative estimate of drug-likeness (QED) is 0.0186. The van der Waals surface area contributed by atoms with Crippen molar-refractivity contribution in [3.63, 3.8) is 0 Å². The first-order valence-electron chi connectivity index (χ1n) is 32.8. The molecule has 1 rings (SSSR count). The molecule has 3 unspecified atom stereocenters. The van der Waals surface area contributed by atoms with Gasteiger partial charge in [-0.3, -0.25) is 28.8 Å². The van der Waals surface area contributed by atoms with Crippen LogP contribution in [0.15, 0.2) is 11.3 Å². The monoisotopic (exact) mass is 1140 g/mol. The number of nitrogens with zero attached hydrogens (tertiary/aromatic N) is 1. The topological polar surface area (TPSA) is 161 Å². The molecule has 0 saturated heterocycles. The molecule has 0 bridgehead atoms. The van der Waals surface area contributed by atoms with Gasteiger partial charge in [0.25, 0.3) is 6.47 Å². The molecule has 0 aliphatic heterocycles. The lowest BCUT2D eigenvalue weighted by molar-refractivity contribution is -0.150. The summed E-state index contributed by atoms with van der Waals surface area (Å²) in [6, 6.07) is 0. The number of Topliss-reactive ketones (excluding diaryl/α,β-unsaturated/α-hetero) is 1. The Labute approximate surface area is 491 Å². The van der Waals surface area contributed by atoms with Gasteiger partial charge in [0, 0.05) is 63.8 Å². The molecule has 0 amide bonds. The molecule has 1 saturated carbocycles. The van der Waals surface area contributed by atoms with E-state index in [9.17, 15) is 28.8 Å². The van der Waals surface area contributed by atoms with Crippen molar-refractivity contribution in [1.29, 1.82) is 0 Å². The van der Waals surface area contributed by atoms with Gasteiger partial charge in [-0.1, -0.05) is 203 Å². The van der Waals surface area contributed by atoms with Crippen LogP contribution in [0.2, 0.25) is 0 Å². The molecule has 80 heavy (non-hydrogen) atoms. The number of ketones is 1. The highest BCUT2D eigenvalue weighted by atomic mass is 16.6. The summed E-state index contributed by atoms with van der Waals surface area (Å²) in [6.45, 7) is 21.0. The fourth-order valence-electron chi connectivity index (χ4n) is 9.49. The summed E-state index contributed by atoms with van der Waals surface area (Å²) >= 11 is 0. The number of ether oxygens (including phenoxy) is 6. The summed E-state index contributed by atoms with van der Waals surface area (Å²) in [5, 5.41) is 0. The summed E-state index contributed by atoms with van der Waals surface area (Å²) in [6.07, 6.45) is 36.9. The van der Waals surface area contributed by atoms with E-state index in [0.29, 0.717) is 57.5 Å². The van der Waals surface area contributed by atoms with Gasteiger partial charge >= 0.3 is 23.9 Å². The summed E-state index contributed by atoms with van der Waals surface area (Å²) in [7, 11) is 3.87. The summed E-state index contributed by atoms with van der Waals surface area (Å²) in [4.78, 5) is 74.9. The zero-order valence-electron chi connectivity index (χ0n) is 53.7. The molecule has 0 aromatic heterocycles. The number of esters is 4. The van der Waals surface area contributed by atoms with E-state index in [2.05, 4.69) is 60.1 Å². The molecule has 13 heteroatoms. The van der Waals surface area contributed by atoms with Gasteiger partial charge in [0.2, 0.25) is 0 Å². The van der Waals surface area contributed by atoms with Gasteiger partial charge in [0.15, 0.2) is 0 Å². The minimum Gasteiger partial charge on any atom is -0.495 e. The van der Waals surface area contributed by atoms with Gasteiger partial charge in [-0.25, -0.2) is 0 Å². The average Bonchev–Trinajstić information content (AvgIpc) is 3.40. The molecule has 0 radical (unpaired) electrons. The zero-order valence-corrected chi connectivity index (χ0v) is 53.7. The van der Waals surface area contributed by atoms with Gasteiger partial charge in [-0.2, -0.15) is 0 Å². The van der Waals surface area contributed by atoms with Crippen LogP contribution >= 0.6 is 0 Å². The standard InChI is InChI=1S/C52H92O10.C9H20.C6H13NO2/c1-7-11-14-17-20-23-29-50(55)59-38-44(37-58-41-53)34-47(54)33-43(10-4)35-48(32-42(5)6)62-49(46-27-26-28-46)36-45(39-60-51(56)30-24-21-18-15-12-8-2)40-61-52(57)31-25-22-19-16-13-9-3;1-3-5-7-9-8-6-4-2;1-6(8)9-5-4-7(2)3/h41-45,48H,7-40H2,1-6H3;3-9H2,1-2H3;4-5H2,1-3H3. The predicted molar refractivity (Wildman–Crippen MR) is 327 cm³/mol. The lowest BCUT2D eigenvalue weighted by Crippen LogP contribution is -2.27. The van der Waals surface area contributed by atoms with E-state index in [1.807, 2.05) is 19.0 Å². The largest absolute Gasteiger partial charge is 0.495 e. The Balaban J connectivity index is 0. The molecule has 0 aromatic carbocycles. The summed E-state index contributed by atoms with van der Waals surface area (Å²) < 4.78 is 33.9. The van der Waals surface area contributed by atoms with Crippen molar-refractivity contribution in [3.05, 3.63) is 11.3 Å². The van der Waals surface area contributed by atoms with Crippen molar-refractivity contribution in [1.82, 2.24) is 4.90 Å². The minimum atomic E-state index is -0.395. The second kappa shape index (κ2) is 57.3. The third kappa shape index (κ3) is 52.6. The second-order valence-corrected chi connectivity index (χ2v) is 23.6. The van der Waals surface area contributed by atoms with Crippen LogP contribution in [0.4, 0.5) is 0 Å². The summed E-state index contributed by atoms with van der Waals surface area (Å²) in [5.41, 5.74) is 1.27. The Morgan fingerprint density at radius 1 is 0.500 bits per heavy atom. The number of allylic oxidation sites excluding steroid dienone is 2. The van der Waals surface area contributed by atoms with E-state index in [1.165, 1.54) is 115 Å². The third-order valence-corrected chi connectivity index (χ3v) is 14.7. The van der Waals surface area contributed by atoms with Crippen LogP contribution in [0.5, 0.6) is 0 Å². The van der Waals surface area contributed by atoms with Crippen molar-refractivity contribution in [2.75, 3.05) is 53.7 Å². The Bertz CT molecular complexity index is 1490. The molecule has 13 nitrogen and oxygen atoms in total. The van der Waals surface area contributed by atoms with Crippen LogP contribution < -0.4 is 0 Å². The first-order chi connectivity index (χ1) is 38.6. The number of likely N-dealkylation sites (N-methyl/N-ethyl adjacent to an activating group) is 1. The normalized spacial score (nSPS) is 13.0. The number of hydrogen-bond donors (Lipinski definition) is 0. The van der Waals surface area contributed by atoms with Gasteiger partial charge in [-0.05, 0) is 82.9 Å². The molecule has 470 valence electrons. The van der Waals surface area contributed by atoms with E-state index in [4.69, 9.17) is 23.7 Å². The van der Waals surface area contributed by atoms with Gasteiger partial charge in [0.05, 0.1) is 38.3 Å². The maximum absolute atomic E-state index is 13.5. The molecule has 1 aliphatic carbocycles. The maximum Gasteiger partial charge on any atom is 0.305 e. The van der Waals surface area contributed by atoms with E-state index in [0.717, 1.165) is 102 Å². The molecule has 1 fully saturated rings. The van der Waals surface area contributed by atoms with Gasteiger partial charge in [0.1, 0.15) is 12.4 Å². The van der Waals surface area contributed by atoms with Crippen LogP contribution in [-0.4, -0.2) is 101 Å². The van der Waals surface area contributed by atoms with Crippen molar-refractivity contribution in [2.45, 2.75) is 306 Å². The molecular weight excluding hydrogens is 1010 g/mol. The molecule has 1 aliphatic rings. The predicted octanol–water partition coefficient (Wildman–Crippen LogP) is 17.2. The Morgan fingerprint density at radius 3 is 1.23 bits per heavy atom. The van der Waals surface area contributed by atoms with Crippen LogP contribution in [0.3, 0.4) is 0 Å². The lowest BCUT2D eigenvalue weighted by atomic mass is 9.87. The van der Waals surface area contributed by atoms with E-state index in [-0.39, 0.29) is 80.4 Å². The smallest absolute Gasteiger partial charge is 0.305 e. The molecular formula is C67H125NO12. The van der Waals surface area contributed by atoms with Crippen LogP contribution in [0.25, 0.3) is 0 Å². The molecule has 0 N–H and O–H groups in total. The average molecular weight is 1140 g/mol. The Morgan fingerprint density at radius 2 is 0.887 bits per heavy atom. The number of hydrogen-bond acceptors (Lipinski definition) is 13. The molecule has 0 heterocycles. The SMILES string of the molecule is CC(=O)OCCN(C)C.CCCCCCCCC.CCCCCCCCC(=O)OCC(COC=O)CC(=O)CC(CC)CC(CC(C)C)OC(CC(COC(=O)CCCCCCCC)COC(=O)CCCCCCCC)=C1CCC1. The van der Waals surface area contributed by atoms with Crippen LogP contribution in [0, 0.1) is 23.7 Å². The van der Waals surface area contributed by atoms with Crippen molar-refractivity contribution < 1.29 is 57.2 Å². The second-order valence-electron chi connectivity index (χ2n) is 23.6. The zero-order chi connectivity index (χ0) is 59.9. The van der Waals surface area contributed by atoms with Gasteiger partial charge < -0.3 is 33.3 Å². The van der Waals surface area contributed by atoms with Gasteiger partial charge in [-0.15, -0.1) is 0 Å². The number of rotatable bonds is 52. The minimum absolute atomic E-state index is 0.0240. The Hall–Kier alpha value is -3.48. The maximum atomic E-state index is 13.5. The lowest BCUT2D eigenvalue weighted by Gasteiger charge is -2.31. The fraction of sp³-hybridized carbons (Fsp3) is 0.881. The van der Waals surface area contributed by atoms with E-state index < -0.39 is 5.92 Å². The van der Waals surface area contributed by atoms with Crippen molar-refractivity contribution >= 4 is 36.1 Å². The third-order valence-electron chi connectivity index (χ3n) is 14.7. The Kier molecular flexibility index (Phi) is 56.3. The van der Waals surface area contributed by atoms with Crippen LogP contribution in [-0.2, 0) is 57.2 Å². The van der Waals surface area contributed by atoms with E-state index in [1.54, 1.807) is 0 Å². The molecule has 0 aromatic rings. The first kappa shape index (κ1) is 78.6. The highest BCUT2D eigenvalue weighted by molar-refractivity contribution is 5.79. The highest BCUT2D eigenvalue weighted by Crippen LogP contribution is 2.35. The molecule has 3 atom stereocenters. The number of unbranched alkanes of at least 4 members (excludes halogenated alkanes) is 21. The highest BCUT2D eigenvalue weighted by Gasteiger charge is 2.28. The fourth-order valence-corrected chi connectivity index (χ4v) is 9.49. The van der Waals surface area contributed by atoms with Crippen LogP contribution in [0.1, 0.15) is 300 Å². The number of carbonyl (C=O) groups excluding carboxylic acids is 6. The first-order valence-corrected chi connectivity index (χ1v) is 32.8. The van der Waals surface area contributed by atoms with Crippen molar-refractivity contribution in [2.24, 2.45) is 23.7 Å². The van der Waals surface area contributed by atoms with Crippen molar-refractivity contribution in [3.8, 4) is 0 Å².